The zero-order valence-electron chi connectivity index (χ0n) is 14.1. The van der Waals surface area contributed by atoms with Gasteiger partial charge in [0, 0.05) is 35.0 Å². The molecular weight excluding hydrogens is 334 g/mol. The van der Waals surface area contributed by atoms with Crippen molar-refractivity contribution in [3.8, 4) is 0 Å². The second-order valence-electron chi connectivity index (χ2n) is 5.76. The molecule has 2 amide bonds. The fourth-order valence-corrected chi connectivity index (χ4v) is 3.15. The first kappa shape index (κ1) is 17.1. The number of nitrogens with two attached hydrogens (primary N) is 1. The van der Waals surface area contributed by atoms with E-state index in [0.29, 0.717) is 17.8 Å². The van der Waals surface area contributed by atoms with Crippen molar-refractivity contribution in [3.05, 3.63) is 65.4 Å². The predicted octanol–water partition coefficient (Wildman–Crippen LogP) is 2.93. The lowest BCUT2D eigenvalue weighted by Gasteiger charge is -2.07. The summed E-state index contributed by atoms with van der Waals surface area (Å²) in [5.41, 5.74) is 8.22. The van der Waals surface area contributed by atoms with Crippen LogP contribution in [-0.4, -0.2) is 22.6 Å². The number of nitrogens with zero attached hydrogens (tertiary/aromatic N) is 1. The molecule has 0 aliphatic rings. The molecule has 0 saturated carbocycles. The number of rotatable bonds is 5. The van der Waals surface area contributed by atoms with Crippen LogP contribution in [0.4, 0.5) is 0 Å². The van der Waals surface area contributed by atoms with Crippen LogP contribution in [0, 0.1) is 0 Å². The van der Waals surface area contributed by atoms with Crippen molar-refractivity contribution in [1.29, 1.82) is 0 Å². The van der Waals surface area contributed by atoms with Crippen molar-refractivity contribution in [2.24, 2.45) is 12.8 Å². The van der Waals surface area contributed by atoms with Gasteiger partial charge in [0.05, 0.1) is 0 Å². The molecule has 0 fully saturated rings. The minimum Gasteiger partial charge on any atom is -0.366 e. The van der Waals surface area contributed by atoms with E-state index in [1.807, 2.05) is 30.0 Å². The molecule has 1 aromatic heterocycles. The molecule has 0 aliphatic carbocycles. The van der Waals surface area contributed by atoms with Crippen molar-refractivity contribution in [3.63, 3.8) is 0 Å². The van der Waals surface area contributed by atoms with E-state index in [1.54, 1.807) is 36.0 Å². The average Bonchev–Trinajstić information content (AvgIpc) is 2.96. The first-order valence-electron chi connectivity index (χ1n) is 7.80. The summed E-state index contributed by atoms with van der Waals surface area (Å²) < 4.78 is 1.90. The normalized spacial score (nSPS) is 10.8. The third-order valence-corrected chi connectivity index (χ3v) is 4.90. The van der Waals surface area contributed by atoms with Crippen molar-refractivity contribution in [1.82, 2.24) is 9.88 Å². The molecule has 0 unspecified atom stereocenters. The molecule has 5 nitrogen and oxygen atoms in total. The fourth-order valence-electron chi connectivity index (χ4n) is 2.71. The van der Waals surface area contributed by atoms with Crippen LogP contribution in [0.5, 0.6) is 0 Å². The van der Waals surface area contributed by atoms with E-state index in [0.717, 1.165) is 21.4 Å². The summed E-state index contributed by atoms with van der Waals surface area (Å²) >= 11 is 1.67. The number of primary amides is 1. The summed E-state index contributed by atoms with van der Waals surface area (Å²) in [6.45, 7) is 0.384. The Morgan fingerprint density at radius 1 is 1.12 bits per heavy atom. The number of carbonyl (C=O) groups excluding carboxylic acids is 2. The molecule has 0 aliphatic heterocycles. The van der Waals surface area contributed by atoms with Gasteiger partial charge in [-0.2, -0.15) is 0 Å². The molecule has 3 N–H and O–H groups in total. The zero-order valence-corrected chi connectivity index (χ0v) is 14.9. The number of benzene rings is 2. The van der Waals surface area contributed by atoms with Gasteiger partial charge in [-0.15, -0.1) is 11.8 Å². The van der Waals surface area contributed by atoms with Gasteiger partial charge in [0.25, 0.3) is 5.91 Å². The molecule has 3 aromatic rings. The molecule has 0 radical (unpaired) electrons. The molecule has 0 atom stereocenters. The van der Waals surface area contributed by atoms with Crippen molar-refractivity contribution in [2.45, 2.75) is 11.4 Å². The van der Waals surface area contributed by atoms with Crippen LogP contribution in [0.15, 0.2) is 53.4 Å². The minimum atomic E-state index is -0.462. The van der Waals surface area contributed by atoms with Crippen LogP contribution in [0.1, 0.15) is 26.4 Å². The van der Waals surface area contributed by atoms with E-state index in [1.165, 1.54) is 0 Å². The maximum Gasteiger partial charge on any atom is 0.268 e. The molecular formula is C19H19N3O2S. The molecule has 1 heterocycles. The number of hydrogen-bond acceptors (Lipinski definition) is 3. The van der Waals surface area contributed by atoms with Crippen LogP contribution < -0.4 is 11.1 Å². The molecule has 0 spiro atoms. The van der Waals surface area contributed by atoms with Gasteiger partial charge in [-0.05, 0) is 42.2 Å². The highest BCUT2D eigenvalue weighted by atomic mass is 32.2. The van der Waals surface area contributed by atoms with Gasteiger partial charge in [-0.25, -0.2) is 0 Å². The Morgan fingerprint density at radius 3 is 2.48 bits per heavy atom. The van der Waals surface area contributed by atoms with Crippen molar-refractivity contribution >= 4 is 34.5 Å². The highest BCUT2D eigenvalue weighted by Gasteiger charge is 2.13. The summed E-state index contributed by atoms with van der Waals surface area (Å²) in [6, 6.07) is 14.9. The Kier molecular flexibility index (Phi) is 4.81. The highest BCUT2D eigenvalue weighted by Crippen LogP contribution is 2.24. The highest BCUT2D eigenvalue weighted by molar-refractivity contribution is 7.98. The van der Waals surface area contributed by atoms with E-state index in [4.69, 9.17) is 5.73 Å². The Hall–Kier alpha value is -2.73. The van der Waals surface area contributed by atoms with Crippen LogP contribution in [0.3, 0.4) is 0 Å². The van der Waals surface area contributed by atoms with E-state index < -0.39 is 5.91 Å². The second kappa shape index (κ2) is 7.03. The number of carbonyl (C=O) groups is 2. The number of fused-ring (bicyclic) bond motifs is 1. The average molecular weight is 353 g/mol. The Labute approximate surface area is 150 Å². The van der Waals surface area contributed by atoms with Gasteiger partial charge in [-0.3, -0.25) is 9.59 Å². The van der Waals surface area contributed by atoms with Gasteiger partial charge in [0.2, 0.25) is 5.91 Å². The SMILES string of the molecule is CSc1ccc2cc(C(=O)NCc3ccc(C(N)=O)cc3)n(C)c2c1. The first-order valence-corrected chi connectivity index (χ1v) is 9.02. The summed E-state index contributed by atoms with van der Waals surface area (Å²) in [6.07, 6.45) is 2.03. The minimum absolute atomic E-state index is 0.136. The zero-order chi connectivity index (χ0) is 18.0. The van der Waals surface area contributed by atoms with E-state index in [9.17, 15) is 9.59 Å². The maximum atomic E-state index is 12.5. The van der Waals surface area contributed by atoms with Gasteiger partial charge in [-0.1, -0.05) is 18.2 Å². The second-order valence-corrected chi connectivity index (χ2v) is 6.64. The number of aromatic nitrogens is 1. The Balaban J connectivity index is 1.76. The predicted molar refractivity (Wildman–Crippen MR) is 101 cm³/mol. The summed E-state index contributed by atoms with van der Waals surface area (Å²) in [5, 5.41) is 3.95. The van der Waals surface area contributed by atoms with Crippen LogP contribution in [0.2, 0.25) is 0 Å². The quantitative estimate of drug-likeness (QED) is 0.692. The van der Waals surface area contributed by atoms with Crippen LogP contribution >= 0.6 is 11.8 Å². The third kappa shape index (κ3) is 3.53. The number of amides is 2. The Morgan fingerprint density at radius 2 is 1.84 bits per heavy atom. The van der Waals surface area contributed by atoms with E-state index in [-0.39, 0.29) is 5.91 Å². The van der Waals surface area contributed by atoms with E-state index >= 15 is 0 Å². The van der Waals surface area contributed by atoms with Crippen molar-refractivity contribution < 1.29 is 9.59 Å². The standard InChI is InChI=1S/C19H19N3O2S/c1-22-16-10-15(25-2)8-7-14(16)9-17(22)19(24)21-11-12-3-5-13(6-4-12)18(20)23/h3-10H,11H2,1-2H3,(H2,20,23)(H,21,24). The molecule has 128 valence electrons. The number of hydrogen-bond donors (Lipinski definition) is 2. The third-order valence-electron chi connectivity index (χ3n) is 4.18. The molecule has 6 heteroatoms. The molecule has 3 rings (SSSR count). The number of thioether (sulfide) groups is 1. The van der Waals surface area contributed by atoms with Crippen molar-refractivity contribution in [2.75, 3.05) is 6.26 Å². The number of nitrogens with one attached hydrogen (secondary N) is 1. The molecule has 0 bridgehead atoms. The monoisotopic (exact) mass is 353 g/mol. The summed E-state index contributed by atoms with van der Waals surface area (Å²) in [7, 11) is 1.89. The first-order chi connectivity index (χ1) is 12.0. The van der Waals surface area contributed by atoms with Gasteiger partial charge in [0.1, 0.15) is 5.69 Å². The van der Waals surface area contributed by atoms with Crippen LogP contribution in [-0.2, 0) is 13.6 Å². The fraction of sp³-hybridized carbons (Fsp3) is 0.158. The number of aryl methyl sites for hydroxylation is 1. The summed E-state index contributed by atoms with van der Waals surface area (Å²) in [4.78, 5) is 24.8. The van der Waals surface area contributed by atoms with Gasteiger partial charge in [0.15, 0.2) is 0 Å². The van der Waals surface area contributed by atoms with Gasteiger partial charge >= 0.3 is 0 Å². The lowest BCUT2D eigenvalue weighted by molar-refractivity contribution is 0.0941. The topological polar surface area (TPSA) is 77.1 Å². The summed E-state index contributed by atoms with van der Waals surface area (Å²) in [5.74, 6) is -0.598. The van der Waals surface area contributed by atoms with Crippen LogP contribution in [0.25, 0.3) is 10.9 Å². The van der Waals surface area contributed by atoms with E-state index in [2.05, 4.69) is 17.4 Å². The lowest BCUT2D eigenvalue weighted by Crippen LogP contribution is -2.24. The molecule has 2 aromatic carbocycles. The Bertz CT molecular complexity index is 945. The largest absolute Gasteiger partial charge is 0.366 e. The lowest BCUT2D eigenvalue weighted by atomic mass is 10.1. The molecule has 25 heavy (non-hydrogen) atoms. The smallest absolute Gasteiger partial charge is 0.268 e. The molecule has 0 saturated heterocycles. The van der Waals surface area contributed by atoms with Gasteiger partial charge < -0.3 is 15.6 Å². The maximum absolute atomic E-state index is 12.5.